The Morgan fingerprint density at radius 1 is 1.24 bits per heavy atom. The van der Waals surface area contributed by atoms with Crippen LogP contribution in [0.4, 0.5) is 17.1 Å². The lowest BCUT2D eigenvalue weighted by Gasteiger charge is -2.35. The monoisotopic (exact) mass is 398 g/mol. The third-order valence-electron chi connectivity index (χ3n) is 4.91. The zero-order chi connectivity index (χ0) is 21.1. The number of benzene rings is 2. The molecule has 3 rings (SSSR count). The van der Waals surface area contributed by atoms with Crippen LogP contribution in [0.1, 0.15) is 11.1 Å². The van der Waals surface area contributed by atoms with E-state index in [9.17, 15) is 19.7 Å². The van der Waals surface area contributed by atoms with Crippen LogP contribution in [0.2, 0.25) is 0 Å². The molecule has 1 aliphatic heterocycles. The van der Waals surface area contributed by atoms with Crippen molar-refractivity contribution in [2.75, 3.05) is 30.4 Å². The maximum Gasteiger partial charge on any atom is 0.293 e. The summed E-state index contributed by atoms with van der Waals surface area (Å²) in [6.45, 7) is 3.64. The lowest BCUT2D eigenvalue weighted by Crippen LogP contribution is -2.50. The molecular weight excluding hydrogens is 376 g/mol. The van der Waals surface area contributed by atoms with Crippen LogP contribution in [0.15, 0.2) is 36.4 Å². The Morgan fingerprint density at radius 2 is 1.97 bits per heavy atom. The number of nitro groups is 1. The van der Waals surface area contributed by atoms with Crippen molar-refractivity contribution in [3.8, 4) is 5.75 Å². The third-order valence-corrected chi connectivity index (χ3v) is 4.91. The van der Waals surface area contributed by atoms with Crippen LogP contribution < -0.4 is 20.3 Å². The van der Waals surface area contributed by atoms with E-state index in [1.807, 2.05) is 13.0 Å². The molecule has 0 saturated heterocycles. The summed E-state index contributed by atoms with van der Waals surface area (Å²) < 4.78 is 5.73. The van der Waals surface area contributed by atoms with E-state index in [0.29, 0.717) is 17.0 Å². The van der Waals surface area contributed by atoms with E-state index >= 15 is 0 Å². The second kappa shape index (κ2) is 8.17. The zero-order valence-corrected chi connectivity index (χ0v) is 16.4. The third kappa shape index (κ3) is 4.13. The number of para-hydroxylation sites is 2. The molecule has 29 heavy (non-hydrogen) atoms. The number of amides is 2. The number of fused-ring (bicyclic) bond motifs is 1. The highest BCUT2D eigenvalue weighted by Gasteiger charge is 2.31. The van der Waals surface area contributed by atoms with Crippen LogP contribution in [0.3, 0.4) is 0 Å². The zero-order valence-electron chi connectivity index (χ0n) is 16.4. The standard InChI is InChI=1S/C20H22N4O5/c1-12-8-9-15(24(27)28)19(13(12)2)22-18(25)11-23-10-17(20(26)21-3)29-16-7-5-4-6-14(16)23/h4-9,17H,10-11H2,1-3H3,(H,21,26)(H,22,25)/t17-/m1/s1. The van der Waals surface area contributed by atoms with Crippen molar-refractivity contribution in [3.63, 3.8) is 0 Å². The SMILES string of the molecule is CNC(=O)[C@H]1CN(CC(=O)Nc2c([N+](=O)[O-])ccc(C)c2C)c2ccccc2O1. The molecule has 0 saturated carbocycles. The number of carbonyl (C=O) groups excluding carboxylic acids is 2. The van der Waals surface area contributed by atoms with Crippen LogP contribution in [0, 0.1) is 24.0 Å². The minimum absolute atomic E-state index is 0.0849. The van der Waals surface area contributed by atoms with Crippen LogP contribution in [0.25, 0.3) is 0 Å². The molecule has 0 radical (unpaired) electrons. The number of ether oxygens (including phenoxy) is 1. The minimum atomic E-state index is -0.766. The van der Waals surface area contributed by atoms with Gasteiger partial charge in [0.15, 0.2) is 6.10 Å². The summed E-state index contributed by atoms with van der Waals surface area (Å²) in [6, 6.07) is 10.1. The smallest absolute Gasteiger partial charge is 0.293 e. The summed E-state index contributed by atoms with van der Waals surface area (Å²) in [7, 11) is 1.52. The second-order valence-corrected chi connectivity index (χ2v) is 6.78. The Bertz CT molecular complexity index is 975. The summed E-state index contributed by atoms with van der Waals surface area (Å²) in [5, 5.41) is 16.6. The molecule has 2 aromatic carbocycles. The second-order valence-electron chi connectivity index (χ2n) is 6.78. The predicted molar refractivity (Wildman–Crippen MR) is 108 cm³/mol. The minimum Gasteiger partial charge on any atom is -0.477 e. The van der Waals surface area contributed by atoms with Gasteiger partial charge in [-0.05, 0) is 37.1 Å². The Morgan fingerprint density at radius 3 is 2.66 bits per heavy atom. The first kappa shape index (κ1) is 20.1. The number of carbonyl (C=O) groups is 2. The number of anilines is 2. The maximum absolute atomic E-state index is 12.8. The van der Waals surface area contributed by atoms with Gasteiger partial charge in [-0.3, -0.25) is 19.7 Å². The highest BCUT2D eigenvalue weighted by atomic mass is 16.6. The molecule has 0 aliphatic carbocycles. The van der Waals surface area contributed by atoms with Crippen molar-refractivity contribution >= 4 is 28.9 Å². The summed E-state index contributed by atoms with van der Waals surface area (Å²) in [5.41, 5.74) is 2.18. The number of hydrogen-bond donors (Lipinski definition) is 2. The molecule has 1 heterocycles. The van der Waals surface area contributed by atoms with Crippen molar-refractivity contribution in [1.82, 2.24) is 5.32 Å². The average Bonchev–Trinajstić information content (AvgIpc) is 2.70. The quantitative estimate of drug-likeness (QED) is 0.589. The summed E-state index contributed by atoms with van der Waals surface area (Å²) in [6.07, 6.45) is -0.766. The van der Waals surface area contributed by atoms with Gasteiger partial charge in [-0.25, -0.2) is 0 Å². The van der Waals surface area contributed by atoms with E-state index in [4.69, 9.17) is 4.74 Å². The fourth-order valence-corrected chi connectivity index (χ4v) is 3.22. The molecule has 1 aliphatic rings. The van der Waals surface area contributed by atoms with Crippen molar-refractivity contribution in [1.29, 1.82) is 0 Å². The van der Waals surface area contributed by atoms with E-state index in [1.165, 1.54) is 13.1 Å². The van der Waals surface area contributed by atoms with Gasteiger partial charge in [0, 0.05) is 13.1 Å². The van der Waals surface area contributed by atoms with Gasteiger partial charge in [0.2, 0.25) is 5.91 Å². The number of likely N-dealkylation sites (N-methyl/N-ethyl adjacent to an activating group) is 1. The Labute approximate surface area is 167 Å². The number of rotatable bonds is 5. The van der Waals surface area contributed by atoms with Crippen LogP contribution in [-0.2, 0) is 9.59 Å². The summed E-state index contributed by atoms with van der Waals surface area (Å²) in [5.74, 6) is -0.220. The van der Waals surface area contributed by atoms with Gasteiger partial charge in [0.25, 0.3) is 11.6 Å². The number of nitro benzene ring substituents is 1. The fourth-order valence-electron chi connectivity index (χ4n) is 3.22. The van der Waals surface area contributed by atoms with E-state index in [0.717, 1.165) is 5.56 Å². The molecule has 9 nitrogen and oxygen atoms in total. The first-order valence-corrected chi connectivity index (χ1v) is 9.08. The van der Waals surface area contributed by atoms with Crippen molar-refractivity contribution in [2.45, 2.75) is 20.0 Å². The van der Waals surface area contributed by atoms with Gasteiger partial charge in [-0.1, -0.05) is 18.2 Å². The maximum atomic E-state index is 12.8. The van der Waals surface area contributed by atoms with E-state index in [1.54, 1.807) is 36.1 Å². The number of aryl methyl sites for hydroxylation is 1. The van der Waals surface area contributed by atoms with Crippen LogP contribution in [0.5, 0.6) is 5.75 Å². The lowest BCUT2D eigenvalue weighted by molar-refractivity contribution is -0.384. The number of nitrogens with one attached hydrogen (secondary N) is 2. The van der Waals surface area contributed by atoms with E-state index < -0.39 is 16.9 Å². The largest absolute Gasteiger partial charge is 0.477 e. The van der Waals surface area contributed by atoms with Crippen LogP contribution in [-0.4, -0.2) is 43.0 Å². The molecule has 0 bridgehead atoms. The predicted octanol–water partition coefficient (Wildman–Crippen LogP) is 2.16. The number of hydrogen-bond acceptors (Lipinski definition) is 6. The Balaban J connectivity index is 1.85. The first-order valence-electron chi connectivity index (χ1n) is 9.08. The molecule has 9 heteroatoms. The molecule has 0 spiro atoms. The van der Waals surface area contributed by atoms with Crippen molar-refractivity contribution < 1.29 is 19.2 Å². The molecule has 152 valence electrons. The van der Waals surface area contributed by atoms with E-state index in [-0.39, 0.29) is 30.4 Å². The first-order chi connectivity index (χ1) is 13.8. The molecule has 0 unspecified atom stereocenters. The topological polar surface area (TPSA) is 114 Å². The highest BCUT2D eigenvalue weighted by Crippen LogP contribution is 2.34. The lowest BCUT2D eigenvalue weighted by atomic mass is 10.1. The Kier molecular flexibility index (Phi) is 5.67. The van der Waals surface area contributed by atoms with Gasteiger partial charge >= 0.3 is 0 Å². The fraction of sp³-hybridized carbons (Fsp3) is 0.300. The number of nitrogens with zero attached hydrogens (tertiary/aromatic N) is 2. The molecule has 2 aromatic rings. The van der Waals surface area contributed by atoms with Gasteiger partial charge < -0.3 is 20.3 Å². The molecule has 2 amide bonds. The molecule has 0 fully saturated rings. The van der Waals surface area contributed by atoms with Crippen molar-refractivity contribution in [3.05, 3.63) is 57.6 Å². The van der Waals surface area contributed by atoms with Gasteiger partial charge in [0.1, 0.15) is 11.4 Å². The van der Waals surface area contributed by atoms with Gasteiger partial charge in [-0.2, -0.15) is 0 Å². The molecular formula is C20H22N4O5. The van der Waals surface area contributed by atoms with Gasteiger partial charge in [0.05, 0.1) is 23.7 Å². The van der Waals surface area contributed by atoms with E-state index in [2.05, 4.69) is 10.6 Å². The summed E-state index contributed by atoms with van der Waals surface area (Å²) >= 11 is 0. The van der Waals surface area contributed by atoms with Crippen molar-refractivity contribution in [2.24, 2.45) is 0 Å². The highest BCUT2D eigenvalue weighted by molar-refractivity contribution is 5.97. The van der Waals surface area contributed by atoms with Crippen LogP contribution >= 0.6 is 0 Å². The normalized spacial score (nSPS) is 15.1. The van der Waals surface area contributed by atoms with Gasteiger partial charge in [-0.15, -0.1) is 0 Å². The average molecular weight is 398 g/mol. The Hall–Kier alpha value is -3.62. The molecule has 2 N–H and O–H groups in total. The molecule has 1 atom stereocenters. The molecule has 0 aromatic heterocycles. The summed E-state index contributed by atoms with van der Waals surface area (Å²) in [4.78, 5) is 37.4.